The van der Waals surface area contributed by atoms with Gasteiger partial charge in [-0.15, -0.1) is 0 Å². The first-order chi connectivity index (χ1) is 12.0. The lowest BCUT2D eigenvalue weighted by Crippen LogP contribution is -2.46. The highest BCUT2D eigenvalue weighted by atomic mass is 32.2. The van der Waals surface area contributed by atoms with Crippen molar-refractivity contribution in [1.82, 2.24) is 10.3 Å². The third-order valence-electron chi connectivity index (χ3n) is 3.64. The number of thioether (sulfide) groups is 1. The van der Waals surface area contributed by atoms with E-state index in [9.17, 15) is 9.59 Å². The Morgan fingerprint density at radius 1 is 1.32 bits per heavy atom. The third kappa shape index (κ3) is 5.61. The van der Waals surface area contributed by atoms with Crippen LogP contribution in [0.3, 0.4) is 0 Å². The Hall–Kier alpha value is -2.32. The highest BCUT2D eigenvalue weighted by molar-refractivity contribution is 7.98. The van der Waals surface area contributed by atoms with Gasteiger partial charge in [0, 0.05) is 6.42 Å². The molecule has 1 heterocycles. The number of rotatable bonds is 9. The highest BCUT2D eigenvalue weighted by Gasteiger charge is 2.22. The summed E-state index contributed by atoms with van der Waals surface area (Å²) in [5.41, 5.74) is 12.3. The second-order valence-electron chi connectivity index (χ2n) is 5.58. The molecule has 0 spiro atoms. The Morgan fingerprint density at radius 2 is 2.04 bits per heavy atom. The van der Waals surface area contributed by atoms with Gasteiger partial charge in [0.1, 0.15) is 12.3 Å². The molecule has 2 aromatic rings. The van der Waals surface area contributed by atoms with E-state index in [4.69, 9.17) is 15.9 Å². The number of aromatic nitrogens is 1. The molecule has 7 nitrogen and oxygen atoms in total. The molecule has 2 rings (SSSR count). The number of nitrogens with zero attached hydrogens (tertiary/aromatic N) is 1. The van der Waals surface area contributed by atoms with E-state index >= 15 is 0 Å². The van der Waals surface area contributed by atoms with Crippen molar-refractivity contribution in [3.05, 3.63) is 53.7 Å². The van der Waals surface area contributed by atoms with Crippen LogP contribution in [0, 0.1) is 0 Å². The first kappa shape index (κ1) is 19.0. The van der Waals surface area contributed by atoms with Crippen LogP contribution in [0.25, 0.3) is 0 Å². The van der Waals surface area contributed by atoms with Crippen LogP contribution in [0.4, 0.5) is 0 Å². The number of carbonyl (C=O) groups is 2. The molecular formula is C17H22N4O3S. The monoisotopic (exact) mass is 362 g/mol. The van der Waals surface area contributed by atoms with Crippen molar-refractivity contribution in [1.29, 1.82) is 0 Å². The standard InChI is InChI=1S/C17H22N4O3S/c1-25-8-7-12(18)17-21-14(10-24-17)16(23)20-13(15(19)22)9-11-5-3-2-4-6-11/h2-6,10,12-13H,7-9,18H2,1H3,(H2,19,22)(H,20,23). The fourth-order valence-corrected chi connectivity index (χ4v) is 2.72. The van der Waals surface area contributed by atoms with E-state index in [2.05, 4.69) is 10.3 Å². The Bertz CT molecular complexity index is 705. The fraction of sp³-hybridized carbons (Fsp3) is 0.353. The van der Waals surface area contributed by atoms with Gasteiger partial charge in [-0.1, -0.05) is 30.3 Å². The van der Waals surface area contributed by atoms with E-state index in [0.29, 0.717) is 18.7 Å². The summed E-state index contributed by atoms with van der Waals surface area (Å²) in [5.74, 6) is 0.0357. The Labute approximate surface area is 150 Å². The number of hydrogen-bond donors (Lipinski definition) is 3. The summed E-state index contributed by atoms with van der Waals surface area (Å²) in [6, 6.07) is 8.11. The van der Waals surface area contributed by atoms with Crippen molar-refractivity contribution in [3.63, 3.8) is 0 Å². The number of nitrogens with one attached hydrogen (secondary N) is 1. The first-order valence-corrected chi connectivity index (χ1v) is 9.24. The summed E-state index contributed by atoms with van der Waals surface area (Å²) in [5, 5.41) is 2.60. The highest BCUT2D eigenvalue weighted by Crippen LogP contribution is 2.15. The van der Waals surface area contributed by atoms with Crippen LogP contribution in [0.2, 0.25) is 0 Å². The van der Waals surface area contributed by atoms with Gasteiger partial charge in [0.25, 0.3) is 5.91 Å². The number of oxazole rings is 1. The summed E-state index contributed by atoms with van der Waals surface area (Å²) in [6.45, 7) is 0. The molecule has 2 atom stereocenters. The van der Waals surface area contributed by atoms with Gasteiger partial charge < -0.3 is 21.2 Å². The fourth-order valence-electron chi connectivity index (χ4n) is 2.24. The third-order valence-corrected chi connectivity index (χ3v) is 4.28. The van der Waals surface area contributed by atoms with Crippen LogP contribution in [0.15, 0.2) is 41.0 Å². The minimum Gasteiger partial charge on any atom is -0.446 e. The lowest BCUT2D eigenvalue weighted by molar-refractivity contribution is -0.119. The molecule has 134 valence electrons. The zero-order valence-corrected chi connectivity index (χ0v) is 14.8. The van der Waals surface area contributed by atoms with Crippen LogP contribution in [0.5, 0.6) is 0 Å². The van der Waals surface area contributed by atoms with Crippen LogP contribution < -0.4 is 16.8 Å². The molecule has 0 saturated heterocycles. The van der Waals surface area contributed by atoms with E-state index in [1.54, 1.807) is 11.8 Å². The molecule has 2 unspecified atom stereocenters. The van der Waals surface area contributed by atoms with Crippen molar-refractivity contribution >= 4 is 23.6 Å². The molecule has 0 aliphatic rings. The second-order valence-corrected chi connectivity index (χ2v) is 6.56. The number of benzene rings is 1. The molecule has 2 amide bonds. The van der Waals surface area contributed by atoms with E-state index in [0.717, 1.165) is 11.3 Å². The van der Waals surface area contributed by atoms with E-state index in [-0.39, 0.29) is 11.7 Å². The molecule has 1 aromatic carbocycles. The summed E-state index contributed by atoms with van der Waals surface area (Å²) < 4.78 is 5.28. The predicted octanol–water partition coefficient (Wildman–Crippen LogP) is 1.25. The maximum Gasteiger partial charge on any atom is 0.273 e. The quantitative estimate of drug-likeness (QED) is 0.617. The van der Waals surface area contributed by atoms with Gasteiger partial charge in [0.05, 0.1) is 6.04 Å². The lowest BCUT2D eigenvalue weighted by Gasteiger charge is -2.14. The molecular weight excluding hydrogens is 340 g/mol. The predicted molar refractivity (Wildman–Crippen MR) is 97.0 cm³/mol. The molecule has 0 saturated carbocycles. The van der Waals surface area contributed by atoms with Gasteiger partial charge in [-0.2, -0.15) is 11.8 Å². The molecule has 8 heteroatoms. The Morgan fingerprint density at radius 3 is 2.68 bits per heavy atom. The lowest BCUT2D eigenvalue weighted by atomic mass is 10.1. The number of hydrogen-bond acceptors (Lipinski definition) is 6. The van der Waals surface area contributed by atoms with E-state index < -0.39 is 17.9 Å². The first-order valence-electron chi connectivity index (χ1n) is 7.85. The van der Waals surface area contributed by atoms with E-state index in [1.807, 2.05) is 36.6 Å². The van der Waals surface area contributed by atoms with Crippen LogP contribution in [0.1, 0.15) is 34.4 Å². The second kappa shape index (κ2) is 9.24. The van der Waals surface area contributed by atoms with Gasteiger partial charge >= 0.3 is 0 Å². The number of primary amides is 1. The van der Waals surface area contributed by atoms with Gasteiger partial charge in [0.15, 0.2) is 5.69 Å². The van der Waals surface area contributed by atoms with Crippen LogP contribution in [-0.4, -0.2) is 34.8 Å². The summed E-state index contributed by atoms with van der Waals surface area (Å²) in [4.78, 5) is 28.1. The average molecular weight is 362 g/mol. The van der Waals surface area contributed by atoms with Crippen molar-refractivity contribution < 1.29 is 14.0 Å². The average Bonchev–Trinajstić information content (AvgIpc) is 3.10. The van der Waals surface area contributed by atoms with Crippen molar-refractivity contribution in [2.75, 3.05) is 12.0 Å². The zero-order valence-electron chi connectivity index (χ0n) is 14.0. The van der Waals surface area contributed by atoms with Gasteiger partial charge in [0.2, 0.25) is 11.8 Å². The molecule has 0 aliphatic heterocycles. The van der Waals surface area contributed by atoms with Gasteiger partial charge in [-0.3, -0.25) is 9.59 Å². The maximum atomic E-state index is 12.3. The minimum absolute atomic E-state index is 0.0777. The SMILES string of the molecule is CSCCC(N)c1nc(C(=O)NC(Cc2ccccc2)C(N)=O)co1. The molecule has 0 aliphatic carbocycles. The Kier molecular flexibility index (Phi) is 7.03. The zero-order chi connectivity index (χ0) is 18.2. The summed E-state index contributed by atoms with van der Waals surface area (Å²) in [7, 11) is 0. The number of nitrogens with two attached hydrogens (primary N) is 2. The topological polar surface area (TPSA) is 124 Å². The minimum atomic E-state index is -0.833. The molecule has 0 bridgehead atoms. The smallest absolute Gasteiger partial charge is 0.273 e. The van der Waals surface area contributed by atoms with Crippen molar-refractivity contribution in [2.24, 2.45) is 11.5 Å². The molecule has 25 heavy (non-hydrogen) atoms. The van der Waals surface area contributed by atoms with Crippen LogP contribution >= 0.6 is 11.8 Å². The molecule has 5 N–H and O–H groups in total. The summed E-state index contributed by atoms with van der Waals surface area (Å²) in [6.07, 6.45) is 4.22. The van der Waals surface area contributed by atoms with Crippen molar-refractivity contribution in [3.8, 4) is 0 Å². The molecule has 0 radical (unpaired) electrons. The molecule has 0 fully saturated rings. The normalized spacial score (nSPS) is 13.2. The van der Waals surface area contributed by atoms with E-state index in [1.165, 1.54) is 6.26 Å². The number of carbonyl (C=O) groups excluding carboxylic acids is 2. The van der Waals surface area contributed by atoms with Crippen molar-refractivity contribution in [2.45, 2.75) is 24.9 Å². The summed E-state index contributed by atoms with van der Waals surface area (Å²) >= 11 is 1.67. The van der Waals surface area contributed by atoms with Crippen LogP contribution in [-0.2, 0) is 11.2 Å². The van der Waals surface area contributed by atoms with Gasteiger partial charge in [-0.05, 0) is 24.0 Å². The molecule has 1 aromatic heterocycles. The largest absolute Gasteiger partial charge is 0.446 e. The Balaban J connectivity index is 2.01. The number of amides is 2. The maximum absolute atomic E-state index is 12.3. The van der Waals surface area contributed by atoms with Gasteiger partial charge in [-0.25, -0.2) is 4.98 Å².